The molecular formula is C18H20FNO4. The fourth-order valence-electron chi connectivity index (χ4n) is 2.12. The standard InChI is InChI=1S/C18H20FNO4/c1-4-16(24-13-7-5-12(19)6-8-13)18(21)20-15-11-14(22-2)9-10-17(15)23-3/h5-11,16H,4H2,1-3H3,(H,20,21). The molecule has 1 N–H and O–H groups in total. The van der Waals surface area contributed by atoms with Crippen molar-refractivity contribution in [3.63, 3.8) is 0 Å². The van der Waals surface area contributed by atoms with Gasteiger partial charge in [0.15, 0.2) is 6.10 Å². The summed E-state index contributed by atoms with van der Waals surface area (Å²) in [6.07, 6.45) is -0.262. The Morgan fingerprint density at radius 1 is 1.08 bits per heavy atom. The van der Waals surface area contributed by atoms with E-state index in [1.54, 1.807) is 25.3 Å². The minimum Gasteiger partial charge on any atom is -0.497 e. The van der Waals surface area contributed by atoms with E-state index < -0.39 is 6.10 Å². The number of methoxy groups -OCH3 is 2. The van der Waals surface area contributed by atoms with Gasteiger partial charge in [-0.3, -0.25) is 4.79 Å². The van der Waals surface area contributed by atoms with Gasteiger partial charge in [0.25, 0.3) is 5.91 Å². The smallest absolute Gasteiger partial charge is 0.265 e. The number of benzene rings is 2. The second-order valence-corrected chi connectivity index (χ2v) is 5.02. The molecule has 5 nitrogen and oxygen atoms in total. The molecule has 0 aromatic heterocycles. The molecule has 6 heteroatoms. The van der Waals surface area contributed by atoms with E-state index >= 15 is 0 Å². The van der Waals surface area contributed by atoms with Gasteiger partial charge < -0.3 is 19.5 Å². The van der Waals surface area contributed by atoms with Crippen molar-refractivity contribution in [1.82, 2.24) is 0 Å². The fraction of sp³-hybridized carbons (Fsp3) is 0.278. The van der Waals surface area contributed by atoms with E-state index in [0.717, 1.165) is 0 Å². The molecule has 0 spiro atoms. The maximum atomic E-state index is 12.9. The van der Waals surface area contributed by atoms with Crippen LogP contribution in [-0.4, -0.2) is 26.2 Å². The third-order valence-corrected chi connectivity index (χ3v) is 3.42. The molecule has 1 atom stereocenters. The molecule has 0 bridgehead atoms. The van der Waals surface area contributed by atoms with E-state index in [2.05, 4.69) is 5.32 Å². The molecular weight excluding hydrogens is 313 g/mol. The summed E-state index contributed by atoms with van der Waals surface area (Å²) in [5.41, 5.74) is 0.489. The zero-order valence-corrected chi connectivity index (χ0v) is 13.8. The highest BCUT2D eigenvalue weighted by molar-refractivity contribution is 5.95. The van der Waals surface area contributed by atoms with E-state index in [1.807, 2.05) is 6.92 Å². The van der Waals surface area contributed by atoms with Crippen LogP contribution < -0.4 is 19.5 Å². The zero-order chi connectivity index (χ0) is 17.5. The molecule has 0 aliphatic heterocycles. The van der Waals surface area contributed by atoms with Crippen LogP contribution in [0.4, 0.5) is 10.1 Å². The van der Waals surface area contributed by atoms with Gasteiger partial charge >= 0.3 is 0 Å². The predicted molar refractivity (Wildman–Crippen MR) is 89.3 cm³/mol. The number of carbonyl (C=O) groups is 1. The quantitative estimate of drug-likeness (QED) is 0.840. The number of carbonyl (C=O) groups excluding carboxylic acids is 1. The van der Waals surface area contributed by atoms with Crippen LogP contribution in [0.25, 0.3) is 0 Å². The lowest BCUT2D eigenvalue weighted by Crippen LogP contribution is -2.32. The first-order chi connectivity index (χ1) is 11.6. The van der Waals surface area contributed by atoms with E-state index in [-0.39, 0.29) is 11.7 Å². The molecule has 0 saturated heterocycles. The first kappa shape index (κ1) is 17.6. The van der Waals surface area contributed by atoms with Crippen molar-refractivity contribution in [3.05, 3.63) is 48.3 Å². The van der Waals surface area contributed by atoms with Gasteiger partial charge in [0.2, 0.25) is 0 Å². The number of nitrogens with one attached hydrogen (secondary N) is 1. The van der Waals surface area contributed by atoms with Gasteiger partial charge in [-0.15, -0.1) is 0 Å². The third-order valence-electron chi connectivity index (χ3n) is 3.42. The Labute approximate surface area is 140 Å². The summed E-state index contributed by atoms with van der Waals surface area (Å²) >= 11 is 0. The highest BCUT2D eigenvalue weighted by atomic mass is 19.1. The van der Waals surface area contributed by atoms with Gasteiger partial charge in [-0.2, -0.15) is 0 Å². The van der Waals surface area contributed by atoms with Crippen LogP contribution in [0.5, 0.6) is 17.2 Å². The summed E-state index contributed by atoms with van der Waals surface area (Å²) < 4.78 is 29.0. The number of amides is 1. The van der Waals surface area contributed by atoms with E-state index in [4.69, 9.17) is 14.2 Å². The summed E-state index contributed by atoms with van der Waals surface area (Å²) in [6, 6.07) is 10.6. The lowest BCUT2D eigenvalue weighted by Gasteiger charge is -2.18. The molecule has 0 aliphatic rings. The largest absolute Gasteiger partial charge is 0.497 e. The molecule has 0 saturated carbocycles. The van der Waals surface area contributed by atoms with Crippen LogP contribution in [0.2, 0.25) is 0 Å². The van der Waals surface area contributed by atoms with E-state index in [0.29, 0.717) is 29.4 Å². The molecule has 0 radical (unpaired) electrons. The van der Waals surface area contributed by atoms with Crippen molar-refractivity contribution in [2.75, 3.05) is 19.5 Å². The van der Waals surface area contributed by atoms with Crippen molar-refractivity contribution in [2.24, 2.45) is 0 Å². The van der Waals surface area contributed by atoms with Crippen LogP contribution in [-0.2, 0) is 4.79 Å². The first-order valence-electron chi connectivity index (χ1n) is 7.52. The third kappa shape index (κ3) is 4.38. The van der Waals surface area contributed by atoms with Gasteiger partial charge in [0.05, 0.1) is 19.9 Å². The molecule has 0 aliphatic carbocycles. The van der Waals surface area contributed by atoms with Crippen molar-refractivity contribution >= 4 is 11.6 Å². The van der Waals surface area contributed by atoms with Crippen molar-refractivity contribution in [2.45, 2.75) is 19.4 Å². The highest BCUT2D eigenvalue weighted by Crippen LogP contribution is 2.29. The number of rotatable bonds is 7. The van der Waals surface area contributed by atoms with Crippen LogP contribution in [0.3, 0.4) is 0 Å². The minimum atomic E-state index is -0.716. The van der Waals surface area contributed by atoms with Crippen molar-refractivity contribution in [3.8, 4) is 17.2 Å². The Bertz CT molecular complexity index is 688. The Kier molecular flexibility index (Phi) is 6.01. The number of ether oxygens (including phenoxy) is 3. The molecule has 2 rings (SSSR count). The molecule has 1 amide bonds. The zero-order valence-electron chi connectivity index (χ0n) is 13.8. The summed E-state index contributed by atoms with van der Waals surface area (Å²) in [5, 5.41) is 2.78. The summed E-state index contributed by atoms with van der Waals surface area (Å²) in [5.74, 6) is 0.852. The molecule has 24 heavy (non-hydrogen) atoms. The molecule has 2 aromatic rings. The maximum absolute atomic E-state index is 12.9. The molecule has 2 aromatic carbocycles. The van der Waals surface area contributed by atoms with Crippen LogP contribution >= 0.6 is 0 Å². The maximum Gasteiger partial charge on any atom is 0.265 e. The number of hydrogen-bond donors (Lipinski definition) is 1. The Morgan fingerprint density at radius 2 is 1.75 bits per heavy atom. The lowest BCUT2D eigenvalue weighted by atomic mass is 10.2. The second kappa shape index (κ2) is 8.19. The van der Waals surface area contributed by atoms with E-state index in [1.165, 1.54) is 31.4 Å². The Hall–Kier alpha value is -2.76. The second-order valence-electron chi connectivity index (χ2n) is 5.02. The van der Waals surface area contributed by atoms with Gasteiger partial charge in [0.1, 0.15) is 23.1 Å². The lowest BCUT2D eigenvalue weighted by molar-refractivity contribution is -0.122. The molecule has 0 heterocycles. The number of anilines is 1. The average molecular weight is 333 g/mol. The molecule has 128 valence electrons. The SMILES string of the molecule is CCC(Oc1ccc(F)cc1)C(=O)Nc1cc(OC)ccc1OC. The van der Waals surface area contributed by atoms with Crippen molar-refractivity contribution < 1.29 is 23.4 Å². The van der Waals surface area contributed by atoms with Gasteiger partial charge in [0, 0.05) is 6.07 Å². The monoisotopic (exact) mass is 333 g/mol. The summed E-state index contributed by atoms with van der Waals surface area (Å²) in [7, 11) is 3.06. The van der Waals surface area contributed by atoms with Crippen molar-refractivity contribution in [1.29, 1.82) is 0 Å². The summed E-state index contributed by atoms with van der Waals surface area (Å²) in [6.45, 7) is 1.83. The topological polar surface area (TPSA) is 56.8 Å². The van der Waals surface area contributed by atoms with Crippen LogP contribution in [0, 0.1) is 5.82 Å². The predicted octanol–water partition coefficient (Wildman–Crippen LogP) is 3.64. The van der Waals surface area contributed by atoms with Crippen LogP contribution in [0.1, 0.15) is 13.3 Å². The highest BCUT2D eigenvalue weighted by Gasteiger charge is 2.20. The molecule has 1 unspecified atom stereocenters. The fourth-order valence-corrected chi connectivity index (χ4v) is 2.12. The molecule has 0 fully saturated rings. The summed E-state index contributed by atoms with van der Waals surface area (Å²) in [4.78, 5) is 12.5. The Morgan fingerprint density at radius 3 is 2.33 bits per heavy atom. The average Bonchev–Trinajstić information content (AvgIpc) is 2.61. The normalized spacial score (nSPS) is 11.5. The first-order valence-corrected chi connectivity index (χ1v) is 7.52. The van der Waals surface area contributed by atoms with E-state index in [9.17, 15) is 9.18 Å². The number of halogens is 1. The van der Waals surface area contributed by atoms with Crippen LogP contribution in [0.15, 0.2) is 42.5 Å². The van der Waals surface area contributed by atoms with Gasteiger partial charge in [-0.25, -0.2) is 4.39 Å². The van der Waals surface area contributed by atoms with Gasteiger partial charge in [-0.1, -0.05) is 6.92 Å². The number of hydrogen-bond acceptors (Lipinski definition) is 4. The van der Waals surface area contributed by atoms with Gasteiger partial charge in [-0.05, 0) is 42.8 Å². The Balaban J connectivity index is 2.12. The minimum absolute atomic E-state index is 0.326.